The van der Waals surface area contributed by atoms with Gasteiger partial charge in [-0.15, -0.1) is 0 Å². The summed E-state index contributed by atoms with van der Waals surface area (Å²) in [6.45, 7) is 5.95. The van der Waals surface area contributed by atoms with Crippen LogP contribution < -0.4 is 0 Å². The highest BCUT2D eigenvalue weighted by Gasteiger charge is 2.28. The van der Waals surface area contributed by atoms with Gasteiger partial charge in [-0.1, -0.05) is 20.8 Å². The average Bonchev–Trinajstić information content (AvgIpc) is 2.83. The van der Waals surface area contributed by atoms with Gasteiger partial charge < -0.3 is 4.74 Å². The minimum atomic E-state index is -0.428. The fraction of sp³-hybridized carbons (Fsp3) is 0.333. The maximum atomic E-state index is 13.0. The van der Waals surface area contributed by atoms with Gasteiger partial charge in [0.25, 0.3) is 0 Å². The maximum absolute atomic E-state index is 13.0. The molecule has 0 aliphatic carbocycles. The molecule has 20 heavy (non-hydrogen) atoms. The Bertz CT molecular complexity index is 624. The van der Waals surface area contributed by atoms with E-state index in [2.05, 4.69) is 5.10 Å². The molecule has 2 aromatic rings. The average molecular weight is 276 g/mol. The van der Waals surface area contributed by atoms with Crippen LogP contribution in [-0.2, 0) is 10.2 Å². The molecule has 0 N–H and O–H groups in total. The summed E-state index contributed by atoms with van der Waals surface area (Å²) in [7, 11) is 1.34. The first kappa shape index (κ1) is 14.2. The van der Waals surface area contributed by atoms with Gasteiger partial charge in [-0.3, -0.25) is 0 Å². The van der Waals surface area contributed by atoms with Crippen LogP contribution in [0.25, 0.3) is 5.69 Å². The van der Waals surface area contributed by atoms with E-state index in [4.69, 9.17) is 4.74 Å². The third-order valence-corrected chi connectivity index (χ3v) is 2.96. The Balaban J connectivity index is 2.62. The molecule has 1 aromatic carbocycles. The van der Waals surface area contributed by atoms with E-state index in [1.807, 2.05) is 20.8 Å². The van der Waals surface area contributed by atoms with Crippen LogP contribution in [0.4, 0.5) is 4.39 Å². The third kappa shape index (κ3) is 2.57. The number of aromatic nitrogens is 2. The highest BCUT2D eigenvalue weighted by molar-refractivity contribution is 5.90. The Labute approximate surface area is 117 Å². The lowest BCUT2D eigenvalue weighted by Crippen LogP contribution is -2.21. The van der Waals surface area contributed by atoms with Gasteiger partial charge in [-0.2, -0.15) is 5.10 Å². The molecular formula is C15H17FN2O2. The van der Waals surface area contributed by atoms with E-state index >= 15 is 0 Å². The summed E-state index contributed by atoms with van der Waals surface area (Å²) in [4.78, 5) is 11.8. The molecule has 0 radical (unpaired) electrons. The minimum absolute atomic E-state index is 0.311. The van der Waals surface area contributed by atoms with E-state index in [-0.39, 0.29) is 11.2 Å². The van der Waals surface area contributed by atoms with E-state index in [1.54, 1.807) is 16.8 Å². The molecule has 0 aliphatic heterocycles. The van der Waals surface area contributed by atoms with E-state index in [1.165, 1.54) is 25.4 Å². The Hall–Kier alpha value is -2.17. The molecule has 0 saturated heterocycles. The number of hydrogen-bond acceptors (Lipinski definition) is 3. The number of rotatable bonds is 2. The number of halogens is 1. The van der Waals surface area contributed by atoms with Gasteiger partial charge in [0.15, 0.2) is 0 Å². The number of benzene rings is 1. The van der Waals surface area contributed by atoms with E-state index < -0.39 is 5.97 Å². The van der Waals surface area contributed by atoms with E-state index in [9.17, 15) is 9.18 Å². The molecule has 0 amide bonds. The first-order valence-electron chi connectivity index (χ1n) is 6.27. The van der Waals surface area contributed by atoms with Crippen LogP contribution in [0, 0.1) is 5.82 Å². The fourth-order valence-corrected chi connectivity index (χ4v) is 2.11. The quantitative estimate of drug-likeness (QED) is 0.792. The van der Waals surface area contributed by atoms with Gasteiger partial charge >= 0.3 is 5.97 Å². The van der Waals surface area contributed by atoms with Crippen molar-refractivity contribution in [2.75, 3.05) is 7.11 Å². The van der Waals surface area contributed by atoms with Crippen molar-refractivity contribution in [3.63, 3.8) is 0 Å². The summed E-state index contributed by atoms with van der Waals surface area (Å²) in [5.74, 6) is -0.741. The van der Waals surface area contributed by atoms with Crippen molar-refractivity contribution in [2.24, 2.45) is 0 Å². The standard InChI is InChI=1S/C15H17FN2O2/c1-15(2,3)13-12(14(19)20-4)9-17-18(13)11-7-5-10(16)6-8-11/h5-9H,1-4H3. The second-order valence-corrected chi connectivity index (χ2v) is 5.54. The van der Waals surface area contributed by atoms with Crippen LogP contribution in [-0.4, -0.2) is 22.9 Å². The normalized spacial score (nSPS) is 11.4. The topological polar surface area (TPSA) is 44.1 Å². The second kappa shape index (κ2) is 5.07. The van der Waals surface area contributed by atoms with Crippen molar-refractivity contribution in [2.45, 2.75) is 26.2 Å². The van der Waals surface area contributed by atoms with Crippen LogP contribution in [0.15, 0.2) is 30.5 Å². The Morgan fingerprint density at radius 1 is 1.25 bits per heavy atom. The number of esters is 1. The maximum Gasteiger partial charge on any atom is 0.341 e. The summed E-state index contributed by atoms with van der Waals surface area (Å²) in [6, 6.07) is 5.97. The third-order valence-electron chi connectivity index (χ3n) is 2.96. The van der Waals surface area contributed by atoms with Gasteiger partial charge in [0.1, 0.15) is 11.4 Å². The highest BCUT2D eigenvalue weighted by atomic mass is 19.1. The molecule has 0 aliphatic rings. The number of carbonyl (C=O) groups is 1. The lowest BCUT2D eigenvalue weighted by molar-refractivity contribution is 0.0598. The fourth-order valence-electron chi connectivity index (χ4n) is 2.11. The number of hydrogen-bond donors (Lipinski definition) is 0. The van der Waals surface area contributed by atoms with Crippen molar-refractivity contribution < 1.29 is 13.9 Å². The summed E-state index contributed by atoms with van der Waals surface area (Å²) in [5.41, 5.74) is 1.54. The molecule has 0 spiro atoms. The van der Waals surface area contributed by atoms with Gasteiger partial charge in [0, 0.05) is 5.41 Å². The second-order valence-electron chi connectivity index (χ2n) is 5.54. The SMILES string of the molecule is COC(=O)c1cnn(-c2ccc(F)cc2)c1C(C)(C)C. The van der Waals surface area contributed by atoms with Gasteiger partial charge in [0.05, 0.1) is 24.7 Å². The zero-order valence-electron chi connectivity index (χ0n) is 12.0. The molecule has 0 bridgehead atoms. The minimum Gasteiger partial charge on any atom is -0.465 e. The smallest absolute Gasteiger partial charge is 0.341 e. The lowest BCUT2D eigenvalue weighted by Gasteiger charge is -2.22. The molecule has 106 valence electrons. The Morgan fingerprint density at radius 2 is 1.85 bits per heavy atom. The van der Waals surface area contributed by atoms with Crippen LogP contribution in [0.1, 0.15) is 36.8 Å². The predicted molar refractivity (Wildman–Crippen MR) is 73.6 cm³/mol. The number of nitrogens with zero attached hydrogens (tertiary/aromatic N) is 2. The van der Waals surface area contributed by atoms with Crippen molar-refractivity contribution in [3.05, 3.63) is 47.5 Å². The monoisotopic (exact) mass is 276 g/mol. The zero-order chi connectivity index (χ0) is 14.9. The van der Waals surface area contributed by atoms with Crippen molar-refractivity contribution in [1.82, 2.24) is 9.78 Å². The molecule has 0 unspecified atom stereocenters. The predicted octanol–water partition coefficient (Wildman–Crippen LogP) is 3.10. The number of carbonyl (C=O) groups excluding carboxylic acids is 1. The molecule has 5 heteroatoms. The molecule has 4 nitrogen and oxygen atoms in total. The first-order chi connectivity index (χ1) is 9.34. The molecule has 0 saturated carbocycles. The van der Waals surface area contributed by atoms with Crippen LogP contribution in [0.3, 0.4) is 0 Å². The zero-order valence-corrected chi connectivity index (χ0v) is 12.0. The van der Waals surface area contributed by atoms with Crippen molar-refractivity contribution in [1.29, 1.82) is 0 Å². The summed E-state index contributed by atoms with van der Waals surface area (Å²) < 4.78 is 19.5. The van der Waals surface area contributed by atoms with E-state index in [0.717, 1.165) is 5.69 Å². The number of methoxy groups -OCH3 is 1. The largest absolute Gasteiger partial charge is 0.465 e. The van der Waals surface area contributed by atoms with Gasteiger partial charge in [0.2, 0.25) is 0 Å². The summed E-state index contributed by atoms with van der Waals surface area (Å²) in [5, 5.41) is 4.24. The van der Waals surface area contributed by atoms with Crippen LogP contribution in [0.2, 0.25) is 0 Å². The lowest BCUT2D eigenvalue weighted by atomic mass is 9.89. The molecule has 2 rings (SSSR count). The number of ether oxygens (including phenoxy) is 1. The first-order valence-corrected chi connectivity index (χ1v) is 6.27. The van der Waals surface area contributed by atoms with Crippen molar-refractivity contribution in [3.8, 4) is 5.69 Å². The van der Waals surface area contributed by atoms with Crippen molar-refractivity contribution >= 4 is 5.97 Å². The summed E-state index contributed by atoms with van der Waals surface area (Å²) >= 11 is 0. The summed E-state index contributed by atoms with van der Waals surface area (Å²) in [6.07, 6.45) is 1.48. The molecule has 0 atom stereocenters. The van der Waals surface area contributed by atoms with Crippen LogP contribution >= 0.6 is 0 Å². The Morgan fingerprint density at radius 3 is 2.35 bits per heavy atom. The molecular weight excluding hydrogens is 259 g/mol. The Kier molecular flexibility index (Phi) is 3.61. The van der Waals surface area contributed by atoms with Gasteiger partial charge in [-0.05, 0) is 24.3 Å². The van der Waals surface area contributed by atoms with E-state index in [0.29, 0.717) is 11.3 Å². The van der Waals surface area contributed by atoms with Gasteiger partial charge in [-0.25, -0.2) is 13.9 Å². The molecule has 0 fully saturated rings. The molecule has 1 aromatic heterocycles. The van der Waals surface area contributed by atoms with Crippen LogP contribution in [0.5, 0.6) is 0 Å². The molecule has 1 heterocycles. The highest BCUT2D eigenvalue weighted by Crippen LogP contribution is 2.28.